The predicted octanol–water partition coefficient (Wildman–Crippen LogP) is 2.17. The first-order chi connectivity index (χ1) is 10.6. The zero-order chi connectivity index (χ0) is 15.9. The van der Waals surface area contributed by atoms with Crippen molar-refractivity contribution in [2.45, 2.75) is 33.1 Å². The Kier molecular flexibility index (Phi) is 5.81. The molecular formula is C17H25N3O2. The molecule has 1 heterocycles. The van der Waals surface area contributed by atoms with Crippen molar-refractivity contribution >= 4 is 23.2 Å². The minimum absolute atomic E-state index is 0.0679. The van der Waals surface area contributed by atoms with Gasteiger partial charge in [-0.2, -0.15) is 0 Å². The topological polar surface area (TPSA) is 52.7 Å². The van der Waals surface area contributed by atoms with E-state index in [9.17, 15) is 9.59 Å². The molecule has 1 aromatic rings. The lowest BCUT2D eigenvalue weighted by atomic mass is 10.2. The maximum Gasteiger partial charge on any atom is 0.240 e. The zero-order valence-corrected chi connectivity index (χ0v) is 13.5. The summed E-state index contributed by atoms with van der Waals surface area (Å²) in [5.74, 6) is -0.249. The normalized spacial score (nSPS) is 14.0. The Balaban J connectivity index is 2.04. The molecule has 1 aliphatic rings. The highest BCUT2D eigenvalue weighted by Crippen LogP contribution is 2.23. The van der Waals surface area contributed by atoms with Crippen LogP contribution in [0.15, 0.2) is 24.3 Å². The van der Waals surface area contributed by atoms with Gasteiger partial charge >= 0.3 is 0 Å². The number of hydrogen-bond donors (Lipinski definition) is 1. The fourth-order valence-corrected chi connectivity index (χ4v) is 2.67. The van der Waals surface area contributed by atoms with Crippen molar-refractivity contribution in [3.05, 3.63) is 24.3 Å². The van der Waals surface area contributed by atoms with Gasteiger partial charge in [0.05, 0.1) is 0 Å². The summed E-state index contributed by atoms with van der Waals surface area (Å²) in [5.41, 5.74) is 1.95. The summed E-state index contributed by atoms with van der Waals surface area (Å²) in [6.45, 7) is 6.38. The Bertz CT molecular complexity index is 507. The van der Waals surface area contributed by atoms with Crippen LogP contribution in [0.25, 0.3) is 0 Å². The standard InChI is InChI=1S/C17H25N3O2/c1-3-10-18-17(22)13-20(14(2)21)16-8-6-15(7-9-16)19-11-4-5-12-19/h6-9H,3-5,10-13H2,1-2H3,(H,18,22). The number of amides is 2. The smallest absolute Gasteiger partial charge is 0.240 e. The van der Waals surface area contributed by atoms with Crippen LogP contribution in [0.1, 0.15) is 33.1 Å². The van der Waals surface area contributed by atoms with Gasteiger partial charge in [0.15, 0.2) is 0 Å². The Hall–Kier alpha value is -2.04. The van der Waals surface area contributed by atoms with Crippen LogP contribution in [0.2, 0.25) is 0 Å². The number of nitrogens with one attached hydrogen (secondary N) is 1. The molecule has 2 rings (SSSR count). The SMILES string of the molecule is CCCNC(=O)CN(C(C)=O)c1ccc(N2CCCC2)cc1. The lowest BCUT2D eigenvalue weighted by molar-refractivity contribution is -0.123. The van der Waals surface area contributed by atoms with Crippen molar-refractivity contribution in [3.8, 4) is 0 Å². The van der Waals surface area contributed by atoms with E-state index in [-0.39, 0.29) is 18.4 Å². The first-order valence-corrected chi connectivity index (χ1v) is 8.01. The summed E-state index contributed by atoms with van der Waals surface area (Å²) < 4.78 is 0. The van der Waals surface area contributed by atoms with Crippen molar-refractivity contribution < 1.29 is 9.59 Å². The van der Waals surface area contributed by atoms with Gasteiger partial charge in [-0.1, -0.05) is 6.92 Å². The highest BCUT2D eigenvalue weighted by molar-refractivity contribution is 5.97. The largest absolute Gasteiger partial charge is 0.372 e. The van der Waals surface area contributed by atoms with Gasteiger partial charge in [-0.15, -0.1) is 0 Å². The second-order valence-corrected chi connectivity index (χ2v) is 5.67. The number of hydrogen-bond acceptors (Lipinski definition) is 3. The molecule has 1 N–H and O–H groups in total. The molecule has 0 spiro atoms. The van der Waals surface area contributed by atoms with Gasteiger partial charge in [0, 0.05) is 37.9 Å². The minimum Gasteiger partial charge on any atom is -0.372 e. The highest BCUT2D eigenvalue weighted by atomic mass is 16.2. The molecule has 0 bridgehead atoms. The third-order valence-electron chi connectivity index (χ3n) is 3.89. The van der Waals surface area contributed by atoms with E-state index in [2.05, 4.69) is 10.2 Å². The number of rotatable bonds is 6. The van der Waals surface area contributed by atoms with E-state index in [1.807, 2.05) is 31.2 Å². The van der Waals surface area contributed by atoms with Crippen molar-refractivity contribution in [1.29, 1.82) is 0 Å². The molecule has 1 fully saturated rings. The van der Waals surface area contributed by atoms with Gasteiger partial charge in [-0.3, -0.25) is 9.59 Å². The number of nitrogens with zero attached hydrogens (tertiary/aromatic N) is 2. The van der Waals surface area contributed by atoms with Crippen LogP contribution >= 0.6 is 0 Å². The summed E-state index contributed by atoms with van der Waals surface area (Å²) in [4.78, 5) is 27.5. The summed E-state index contributed by atoms with van der Waals surface area (Å²) in [7, 11) is 0. The van der Waals surface area contributed by atoms with Crippen LogP contribution in [0.5, 0.6) is 0 Å². The molecule has 2 amide bonds. The third kappa shape index (κ3) is 4.23. The Labute approximate surface area is 132 Å². The Morgan fingerprint density at radius 1 is 1.18 bits per heavy atom. The number of carbonyl (C=O) groups is 2. The molecular weight excluding hydrogens is 278 g/mol. The van der Waals surface area contributed by atoms with Crippen LogP contribution in [0.4, 0.5) is 11.4 Å². The second-order valence-electron chi connectivity index (χ2n) is 5.67. The maximum absolute atomic E-state index is 11.9. The lowest BCUT2D eigenvalue weighted by Crippen LogP contribution is -2.40. The van der Waals surface area contributed by atoms with Crippen LogP contribution in [-0.4, -0.2) is 38.0 Å². The van der Waals surface area contributed by atoms with Gasteiger partial charge in [0.1, 0.15) is 6.54 Å². The van der Waals surface area contributed by atoms with Crippen molar-refractivity contribution in [2.75, 3.05) is 36.0 Å². The van der Waals surface area contributed by atoms with Gasteiger partial charge in [0.2, 0.25) is 11.8 Å². The van der Waals surface area contributed by atoms with E-state index in [1.54, 1.807) is 0 Å². The molecule has 0 unspecified atom stereocenters. The maximum atomic E-state index is 11.9. The molecule has 0 atom stereocenters. The summed E-state index contributed by atoms with van der Waals surface area (Å²) in [5, 5.41) is 2.80. The van der Waals surface area contributed by atoms with Crippen LogP contribution in [0, 0.1) is 0 Å². The molecule has 0 aliphatic carbocycles. The Morgan fingerprint density at radius 2 is 1.82 bits per heavy atom. The number of carbonyl (C=O) groups excluding carboxylic acids is 2. The van der Waals surface area contributed by atoms with E-state index >= 15 is 0 Å². The summed E-state index contributed by atoms with van der Waals surface area (Å²) >= 11 is 0. The average molecular weight is 303 g/mol. The highest BCUT2D eigenvalue weighted by Gasteiger charge is 2.17. The monoisotopic (exact) mass is 303 g/mol. The fourth-order valence-electron chi connectivity index (χ4n) is 2.67. The quantitative estimate of drug-likeness (QED) is 0.876. The van der Waals surface area contributed by atoms with Gasteiger partial charge in [-0.05, 0) is 43.5 Å². The molecule has 1 aliphatic heterocycles. The zero-order valence-electron chi connectivity index (χ0n) is 13.5. The molecule has 0 radical (unpaired) electrons. The van der Waals surface area contributed by atoms with E-state index in [0.29, 0.717) is 6.54 Å². The van der Waals surface area contributed by atoms with Crippen molar-refractivity contribution in [1.82, 2.24) is 5.32 Å². The second kappa shape index (κ2) is 7.82. The van der Waals surface area contributed by atoms with E-state index in [1.165, 1.54) is 30.4 Å². The molecule has 5 heteroatoms. The number of benzene rings is 1. The van der Waals surface area contributed by atoms with Crippen molar-refractivity contribution in [2.24, 2.45) is 0 Å². The summed E-state index contributed by atoms with van der Waals surface area (Å²) in [6.07, 6.45) is 3.36. The minimum atomic E-state index is -0.124. The molecule has 0 aromatic heterocycles. The van der Waals surface area contributed by atoms with E-state index in [0.717, 1.165) is 25.2 Å². The summed E-state index contributed by atoms with van der Waals surface area (Å²) in [6, 6.07) is 7.89. The lowest BCUT2D eigenvalue weighted by Gasteiger charge is -2.23. The predicted molar refractivity (Wildman–Crippen MR) is 89.2 cm³/mol. The van der Waals surface area contributed by atoms with Gasteiger partial charge < -0.3 is 15.1 Å². The van der Waals surface area contributed by atoms with Crippen LogP contribution in [-0.2, 0) is 9.59 Å². The van der Waals surface area contributed by atoms with E-state index < -0.39 is 0 Å². The molecule has 5 nitrogen and oxygen atoms in total. The van der Waals surface area contributed by atoms with Crippen molar-refractivity contribution in [3.63, 3.8) is 0 Å². The molecule has 0 saturated carbocycles. The van der Waals surface area contributed by atoms with Crippen LogP contribution < -0.4 is 15.1 Å². The molecule has 120 valence electrons. The first-order valence-electron chi connectivity index (χ1n) is 8.01. The molecule has 1 saturated heterocycles. The fraction of sp³-hybridized carbons (Fsp3) is 0.529. The third-order valence-corrected chi connectivity index (χ3v) is 3.89. The van der Waals surface area contributed by atoms with Gasteiger partial charge in [0.25, 0.3) is 0 Å². The Morgan fingerprint density at radius 3 is 2.36 bits per heavy atom. The number of anilines is 2. The van der Waals surface area contributed by atoms with Crippen LogP contribution in [0.3, 0.4) is 0 Å². The van der Waals surface area contributed by atoms with Gasteiger partial charge in [-0.25, -0.2) is 0 Å². The first kappa shape index (κ1) is 16.3. The molecule has 22 heavy (non-hydrogen) atoms. The van der Waals surface area contributed by atoms with E-state index in [4.69, 9.17) is 0 Å². The molecule has 1 aromatic carbocycles. The average Bonchev–Trinajstić information content (AvgIpc) is 3.05.